The molecular formula is C16H15N3O3S. The molecule has 1 amide bonds. The summed E-state index contributed by atoms with van der Waals surface area (Å²) in [6.07, 6.45) is 3.06. The van der Waals surface area contributed by atoms with E-state index in [-0.39, 0.29) is 5.57 Å². The average Bonchev–Trinajstić information content (AvgIpc) is 3.06. The number of aromatic nitrogens is 1. The first-order valence-electron chi connectivity index (χ1n) is 6.81. The van der Waals surface area contributed by atoms with Crippen LogP contribution >= 0.6 is 11.3 Å². The van der Waals surface area contributed by atoms with Gasteiger partial charge in [-0.2, -0.15) is 5.26 Å². The van der Waals surface area contributed by atoms with E-state index in [1.165, 1.54) is 24.5 Å². The van der Waals surface area contributed by atoms with Crippen LogP contribution in [0, 0.1) is 11.3 Å². The molecule has 6 nitrogen and oxygen atoms in total. The van der Waals surface area contributed by atoms with Crippen molar-refractivity contribution in [2.75, 3.05) is 19.0 Å². The summed E-state index contributed by atoms with van der Waals surface area (Å²) in [5, 5.41) is 14.0. The van der Waals surface area contributed by atoms with Crippen LogP contribution in [0.3, 0.4) is 0 Å². The van der Waals surface area contributed by atoms with E-state index in [0.717, 1.165) is 0 Å². The van der Waals surface area contributed by atoms with Crippen molar-refractivity contribution in [3.8, 4) is 17.6 Å². The molecule has 0 atom stereocenters. The molecular weight excluding hydrogens is 314 g/mol. The molecule has 0 spiro atoms. The first-order valence-corrected chi connectivity index (χ1v) is 7.69. The minimum Gasteiger partial charge on any atom is -0.493 e. The number of hydrogen-bond donors (Lipinski definition) is 1. The van der Waals surface area contributed by atoms with Gasteiger partial charge in [-0.05, 0) is 30.7 Å². The summed E-state index contributed by atoms with van der Waals surface area (Å²) in [7, 11) is 1.53. The first-order chi connectivity index (χ1) is 11.2. The average molecular weight is 329 g/mol. The summed E-state index contributed by atoms with van der Waals surface area (Å²) in [6, 6.07) is 7.09. The second-order valence-electron chi connectivity index (χ2n) is 4.30. The first kappa shape index (κ1) is 16.5. The lowest BCUT2D eigenvalue weighted by atomic mass is 10.1. The van der Waals surface area contributed by atoms with Gasteiger partial charge in [0, 0.05) is 11.6 Å². The van der Waals surface area contributed by atoms with Gasteiger partial charge in [0.2, 0.25) is 0 Å². The fraction of sp³-hybridized carbons (Fsp3) is 0.188. The molecule has 1 aromatic heterocycles. The Hall–Kier alpha value is -2.85. The van der Waals surface area contributed by atoms with E-state index >= 15 is 0 Å². The molecule has 1 aromatic carbocycles. The minimum absolute atomic E-state index is 0.0218. The smallest absolute Gasteiger partial charge is 0.268 e. The van der Waals surface area contributed by atoms with Gasteiger partial charge in [-0.15, -0.1) is 11.3 Å². The largest absolute Gasteiger partial charge is 0.493 e. The van der Waals surface area contributed by atoms with Gasteiger partial charge in [0.25, 0.3) is 5.91 Å². The summed E-state index contributed by atoms with van der Waals surface area (Å²) in [6.45, 7) is 2.40. The summed E-state index contributed by atoms with van der Waals surface area (Å²) >= 11 is 1.28. The molecule has 0 aliphatic heterocycles. The van der Waals surface area contributed by atoms with Crippen molar-refractivity contribution < 1.29 is 14.3 Å². The van der Waals surface area contributed by atoms with Crippen LogP contribution < -0.4 is 14.8 Å². The van der Waals surface area contributed by atoms with Crippen molar-refractivity contribution >= 4 is 28.5 Å². The second kappa shape index (κ2) is 7.96. The van der Waals surface area contributed by atoms with Crippen LogP contribution in [0.4, 0.5) is 5.13 Å². The van der Waals surface area contributed by atoms with Crippen molar-refractivity contribution in [2.45, 2.75) is 6.92 Å². The second-order valence-corrected chi connectivity index (χ2v) is 5.20. The summed E-state index contributed by atoms with van der Waals surface area (Å²) in [5.41, 5.74) is 0.641. The Morgan fingerprint density at radius 2 is 2.30 bits per heavy atom. The van der Waals surface area contributed by atoms with Gasteiger partial charge in [0.15, 0.2) is 16.6 Å². The van der Waals surface area contributed by atoms with E-state index < -0.39 is 5.91 Å². The Balaban J connectivity index is 2.23. The SMILES string of the molecule is CCOc1ccc(C=C(C#N)C(=O)Nc2nccs2)cc1OC. The third-order valence-corrected chi connectivity index (χ3v) is 3.50. The molecule has 1 heterocycles. The van der Waals surface area contributed by atoms with Crippen LogP contribution in [0.2, 0.25) is 0 Å². The number of rotatable bonds is 6. The molecule has 2 rings (SSSR count). The highest BCUT2D eigenvalue weighted by atomic mass is 32.1. The van der Waals surface area contributed by atoms with Crippen LogP contribution in [-0.2, 0) is 4.79 Å². The van der Waals surface area contributed by atoms with Crippen LogP contribution in [0.25, 0.3) is 6.08 Å². The molecule has 0 aliphatic carbocycles. The minimum atomic E-state index is -0.504. The van der Waals surface area contributed by atoms with Gasteiger partial charge in [0.05, 0.1) is 13.7 Å². The van der Waals surface area contributed by atoms with Crippen molar-refractivity contribution in [3.05, 3.63) is 40.9 Å². The number of methoxy groups -OCH3 is 1. The fourth-order valence-electron chi connectivity index (χ4n) is 1.81. The number of nitrogens with zero attached hydrogens (tertiary/aromatic N) is 2. The summed E-state index contributed by atoms with van der Waals surface area (Å²) in [4.78, 5) is 16.0. The summed E-state index contributed by atoms with van der Waals surface area (Å²) < 4.78 is 10.7. The van der Waals surface area contributed by atoms with E-state index in [1.54, 1.807) is 29.8 Å². The number of amides is 1. The zero-order valence-electron chi connectivity index (χ0n) is 12.7. The molecule has 0 unspecified atom stereocenters. The molecule has 0 aliphatic rings. The Morgan fingerprint density at radius 3 is 2.91 bits per heavy atom. The van der Waals surface area contributed by atoms with Gasteiger partial charge < -0.3 is 9.47 Å². The Labute approximate surface area is 138 Å². The zero-order valence-corrected chi connectivity index (χ0v) is 13.5. The highest BCUT2D eigenvalue weighted by Gasteiger charge is 2.12. The maximum absolute atomic E-state index is 12.1. The normalized spacial score (nSPS) is 10.7. The third kappa shape index (κ3) is 4.31. The molecule has 1 N–H and O–H groups in total. The number of carbonyl (C=O) groups is 1. The van der Waals surface area contributed by atoms with Crippen molar-refractivity contribution in [1.82, 2.24) is 4.98 Å². The van der Waals surface area contributed by atoms with Gasteiger partial charge in [-0.1, -0.05) is 6.07 Å². The Morgan fingerprint density at radius 1 is 1.48 bits per heavy atom. The van der Waals surface area contributed by atoms with Crippen LogP contribution in [-0.4, -0.2) is 24.6 Å². The molecule has 0 radical (unpaired) electrons. The van der Waals surface area contributed by atoms with Gasteiger partial charge in [0.1, 0.15) is 11.6 Å². The quantitative estimate of drug-likeness (QED) is 0.650. The molecule has 7 heteroatoms. The number of nitrogens with one attached hydrogen (secondary N) is 1. The number of carbonyl (C=O) groups excluding carboxylic acids is 1. The lowest BCUT2D eigenvalue weighted by molar-refractivity contribution is -0.112. The molecule has 2 aromatic rings. The van der Waals surface area contributed by atoms with Gasteiger partial charge in [-0.3, -0.25) is 10.1 Å². The molecule has 0 saturated carbocycles. The molecule has 0 fully saturated rings. The maximum atomic E-state index is 12.1. The Bertz CT molecular complexity index is 748. The Kier molecular flexibility index (Phi) is 5.72. The number of nitriles is 1. The molecule has 0 saturated heterocycles. The molecule has 0 bridgehead atoms. The summed E-state index contributed by atoms with van der Waals surface area (Å²) in [5.74, 6) is 0.645. The van der Waals surface area contributed by atoms with Crippen molar-refractivity contribution in [1.29, 1.82) is 5.26 Å². The lowest BCUT2D eigenvalue weighted by Gasteiger charge is -2.09. The number of thiazole rings is 1. The van der Waals surface area contributed by atoms with E-state index in [2.05, 4.69) is 10.3 Å². The maximum Gasteiger partial charge on any atom is 0.268 e. The highest BCUT2D eigenvalue weighted by Crippen LogP contribution is 2.29. The molecule has 23 heavy (non-hydrogen) atoms. The van der Waals surface area contributed by atoms with Gasteiger partial charge in [-0.25, -0.2) is 4.98 Å². The number of ether oxygens (including phenoxy) is 2. The van der Waals surface area contributed by atoms with Crippen LogP contribution in [0.15, 0.2) is 35.3 Å². The number of benzene rings is 1. The van der Waals surface area contributed by atoms with Gasteiger partial charge >= 0.3 is 0 Å². The van der Waals surface area contributed by atoms with Crippen LogP contribution in [0.1, 0.15) is 12.5 Å². The predicted octanol–water partition coefficient (Wildman–Crippen LogP) is 3.10. The van der Waals surface area contributed by atoms with Crippen molar-refractivity contribution in [2.24, 2.45) is 0 Å². The van der Waals surface area contributed by atoms with E-state index in [1.807, 2.05) is 13.0 Å². The monoisotopic (exact) mass is 329 g/mol. The predicted molar refractivity (Wildman–Crippen MR) is 88.5 cm³/mol. The molecule has 118 valence electrons. The van der Waals surface area contributed by atoms with E-state index in [0.29, 0.717) is 28.8 Å². The topological polar surface area (TPSA) is 84.2 Å². The fourth-order valence-corrected chi connectivity index (χ4v) is 2.34. The zero-order chi connectivity index (χ0) is 16.7. The highest BCUT2D eigenvalue weighted by molar-refractivity contribution is 7.13. The standard InChI is InChI=1S/C16H15N3O3S/c1-3-22-13-5-4-11(9-14(13)21-2)8-12(10-17)15(20)19-16-18-6-7-23-16/h4-9H,3H2,1-2H3,(H,18,19,20). The number of anilines is 1. The number of hydrogen-bond acceptors (Lipinski definition) is 6. The third-order valence-electron chi connectivity index (χ3n) is 2.82. The lowest BCUT2D eigenvalue weighted by Crippen LogP contribution is -2.13. The van der Waals surface area contributed by atoms with E-state index in [4.69, 9.17) is 9.47 Å². The van der Waals surface area contributed by atoms with Crippen molar-refractivity contribution in [3.63, 3.8) is 0 Å². The van der Waals surface area contributed by atoms with Crippen LogP contribution in [0.5, 0.6) is 11.5 Å². The van der Waals surface area contributed by atoms with E-state index in [9.17, 15) is 10.1 Å².